The maximum atomic E-state index is 11.1. The third-order valence-electron chi connectivity index (χ3n) is 1.44. The van der Waals surface area contributed by atoms with Crippen molar-refractivity contribution in [1.82, 2.24) is 0 Å². The van der Waals surface area contributed by atoms with Gasteiger partial charge in [-0.1, -0.05) is 18.7 Å². The normalized spacial score (nSPS) is 12.1. The quantitative estimate of drug-likeness (QED) is 0.225. The molecule has 0 saturated heterocycles. The van der Waals surface area contributed by atoms with Crippen molar-refractivity contribution in [1.29, 1.82) is 0 Å². The Balaban J connectivity index is 5.19. The monoisotopic (exact) mass is 197 g/mol. The highest BCUT2D eigenvalue weighted by Crippen LogP contribution is 2.12. The summed E-state index contributed by atoms with van der Waals surface area (Å²) in [6, 6.07) is 0. The van der Waals surface area contributed by atoms with Crippen LogP contribution in [0.25, 0.3) is 0 Å². The molecule has 0 saturated carbocycles. The van der Waals surface area contributed by atoms with Gasteiger partial charge in [0.2, 0.25) is 0 Å². The number of rotatable bonds is 4. The number of methoxy groups -OCH3 is 1. The largest absolute Gasteiger partial charge is 0.465 e. The van der Waals surface area contributed by atoms with E-state index in [-0.39, 0.29) is 11.3 Å². The molecule has 0 fully saturated rings. The van der Waals surface area contributed by atoms with E-state index in [0.717, 1.165) is 13.2 Å². The first-order chi connectivity index (χ1) is 6.58. The fourth-order valence-corrected chi connectivity index (χ4v) is 0.841. The van der Waals surface area contributed by atoms with Crippen LogP contribution < -0.4 is 0 Å². The molecule has 0 aliphatic heterocycles. The first-order valence-corrected chi connectivity index (χ1v) is 3.80. The summed E-state index contributed by atoms with van der Waals surface area (Å²) in [5.74, 6) is -0.739. The zero-order chi connectivity index (χ0) is 11.1. The van der Waals surface area contributed by atoms with Crippen LogP contribution in [-0.4, -0.2) is 18.0 Å². The topological polar surface area (TPSA) is 69.4 Å². The standard InChI is InChI=1S/C9H11NO4/c1-4-6-8(10(12)13)7(5-2)9(11)14-3/h4-6H,1H2,2-3H3/b7-5+,8-6+. The number of carbonyl (C=O) groups is 1. The number of nitro groups is 1. The Morgan fingerprint density at radius 3 is 2.43 bits per heavy atom. The molecule has 0 spiro atoms. The molecule has 0 aromatic heterocycles. The zero-order valence-corrected chi connectivity index (χ0v) is 8.02. The second-order valence-electron chi connectivity index (χ2n) is 2.24. The maximum Gasteiger partial charge on any atom is 0.344 e. The third kappa shape index (κ3) is 2.85. The van der Waals surface area contributed by atoms with Crippen LogP contribution in [0.5, 0.6) is 0 Å². The van der Waals surface area contributed by atoms with Gasteiger partial charge < -0.3 is 4.74 Å². The van der Waals surface area contributed by atoms with E-state index < -0.39 is 10.9 Å². The fourth-order valence-electron chi connectivity index (χ4n) is 0.841. The van der Waals surface area contributed by atoms with Crippen molar-refractivity contribution >= 4 is 5.97 Å². The molecule has 0 aliphatic carbocycles. The van der Waals surface area contributed by atoms with Crippen LogP contribution in [0.2, 0.25) is 0 Å². The van der Waals surface area contributed by atoms with E-state index in [1.54, 1.807) is 0 Å². The van der Waals surface area contributed by atoms with Crippen LogP contribution in [0, 0.1) is 10.1 Å². The summed E-state index contributed by atoms with van der Waals surface area (Å²) in [5.41, 5.74) is -0.410. The highest BCUT2D eigenvalue weighted by Gasteiger charge is 2.23. The molecular formula is C9H11NO4. The Kier molecular flexibility index (Phi) is 4.91. The van der Waals surface area contributed by atoms with Gasteiger partial charge in [0.1, 0.15) is 5.57 Å². The van der Waals surface area contributed by atoms with Crippen molar-refractivity contribution in [3.05, 3.63) is 46.2 Å². The molecule has 0 radical (unpaired) electrons. The van der Waals surface area contributed by atoms with Gasteiger partial charge in [0.15, 0.2) is 0 Å². The lowest BCUT2D eigenvalue weighted by Gasteiger charge is -2.00. The second kappa shape index (κ2) is 5.69. The third-order valence-corrected chi connectivity index (χ3v) is 1.44. The Hall–Kier alpha value is -1.91. The van der Waals surface area contributed by atoms with Crippen LogP contribution in [-0.2, 0) is 9.53 Å². The number of nitrogens with zero attached hydrogens (tertiary/aromatic N) is 1. The summed E-state index contributed by atoms with van der Waals surface area (Å²) in [5, 5.41) is 10.6. The van der Waals surface area contributed by atoms with Crippen LogP contribution >= 0.6 is 0 Å². The Morgan fingerprint density at radius 1 is 1.57 bits per heavy atom. The number of ether oxygens (including phenoxy) is 1. The summed E-state index contributed by atoms with van der Waals surface area (Å²) in [7, 11) is 1.16. The van der Waals surface area contributed by atoms with Crippen LogP contribution in [0.4, 0.5) is 0 Å². The second-order valence-corrected chi connectivity index (χ2v) is 2.24. The van der Waals surface area contributed by atoms with E-state index in [9.17, 15) is 14.9 Å². The SMILES string of the molecule is C=C/C=C(\C(=C/C)C(=O)OC)[N+](=O)[O-]. The van der Waals surface area contributed by atoms with Gasteiger partial charge in [-0.2, -0.15) is 0 Å². The lowest BCUT2D eigenvalue weighted by atomic mass is 10.2. The number of hydrogen-bond donors (Lipinski definition) is 0. The number of carbonyl (C=O) groups excluding carboxylic acids is 1. The molecule has 76 valence electrons. The predicted molar refractivity (Wildman–Crippen MR) is 51.0 cm³/mol. The molecule has 0 rings (SSSR count). The van der Waals surface area contributed by atoms with Gasteiger partial charge in [0.25, 0.3) is 5.70 Å². The van der Waals surface area contributed by atoms with E-state index in [4.69, 9.17) is 0 Å². The van der Waals surface area contributed by atoms with Crippen LogP contribution in [0.15, 0.2) is 36.1 Å². The maximum absolute atomic E-state index is 11.1. The molecule has 0 amide bonds. The molecule has 0 aromatic rings. The van der Waals surface area contributed by atoms with E-state index >= 15 is 0 Å². The minimum absolute atomic E-state index is 0.0857. The molecular weight excluding hydrogens is 186 g/mol. The van der Waals surface area contributed by atoms with E-state index in [1.807, 2.05) is 0 Å². The van der Waals surface area contributed by atoms with Crippen LogP contribution in [0.3, 0.4) is 0 Å². The fraction of sp³-hybridized carbons (Fsp3) is 0.222. The predicted octanol–water partition coefficient (Wildman–Crippen LogP) is 1.45. The molecule has 0 N–H and O–H groups in total. The van der Waals surface area contributed by atoms with Crippen molar-refractivity contribution in [2.45, 2.75) is 6.92 Å². The van der Waals surface area contributed by atoms with Gasteiger partial charge in [-0.25, -0.2) is 4.79 Å². The molecule has 14 heavy (non-hydrogen) atoms. The molecule has 0 bridgehead atoms. The van der Waals surface area contributed by atoms with Gasteiger partial charge >= 0.3 is 5.97 Å². The summed E-state index contributed by atoms with van der Waals surface area (Å²) < 4.78 is 4.39. The van der Waals surface area contributed by atoms with Crippen molar-refractivity contribution in [2.24, 2.45) is 0 Å². The van der Waals surface area contributed by atoms with Crippen molar-refractivity contribution in [3.63, 3.8) is 0 Å². The summed E-state index contributed by atoms with van der Waals surface area (Å²) in [6.07, 6.45) is 3.71. The van der Waals surface area contributed by atoms with E-state index in [1.165, 1.54) is 19.1 Å². The molecule has 0 aliphatic rings. The van der Waals surface area contributed by atoms with Gasteiger partial charge in [-0.05, 0) is 6.92 Å². The zero-order valence-electron chi connectivity index (χ0n) is 8.02. The van der Waals surface area contributed by atoms with Gasteiger partial charge in [-0.3, -0.25) is 10.1 Å². The summed E-state index contributed by atoms with van der Waals surface area (Å²) in [4.78, 5) is 21.0. The van der Waals surface area contributed by atoms with Crippen molar-refractivity contribution in [3.8, 4) is 0 Å². The lowest BCUT2D eigenvalue weighted by Crippen LogP contribution is -2.12. The molecule has 5 nitrogen and oxygen atoms in total. The van der Waals surface area contributed by atoms with Crippen molar-refractivity contribution in [2.75, 3.05) is 7.11 Å². The minimum atomic E-state index is -0.739. The molecule has 0 aromatic carbocycles. The minimum Gasteiger partial charge on any atom is -0.465 e. The molecule has 5 heteroatoms. The Morgan fingerprint density at radius 2 is 2.14 bits per heavy atom. The molecule has 0 unspecified atom stereocenters. The Labute approximate surface area is 81.5 Å². The van der Waals surface area contributed by atoms with Crippen molar-refractivity contribution < 1.29 is 14.5 Å². The number of esters is 1. The highest BCUT2D eigenvalue weighted by molar-refractivity contribution is 5.92. The van der Waals surface area contributed by atoms with E-state index in [0.29, 0.717) is 0 Å². The molecule has 0 atom stereocenters. The highest BCUT2D eigenvalue weighted by atomic mass is 16.6. The average molecular weight is 197 g/mol. The Bertz CT molecular complexity index is 315. The first-order valence-electron chi connectivity index (χ1n) is 3.80. The smallest absolute Gasteiger partial charge is 0.344 e. The average Bonchev–Trinajstić information content (AvgIpc) is 2.16. The number of hydrogen-bond acceptors (Lipinski definition) is 4. The van der Waals surface area contributed by atoms with Crippen LogP contribution in [0.1, 0.15) is 6.92 Å². The lowest BCUT2D eigenvalue weighted by molar-refractivity contribution is -0.420. The van der Waals surface area contributed by atoms with Gasteiger partial charge in [0, 0.05) is 6.08 Å². The van der Waals surface area contributed by atoms with Gasteiger partial charge in [-0.15, -0.1) is 0 Å². The summed E-state index contributed by atoms with van der Waals surface area (Å²) >= 11 is 0. The summed E-state index contributed by atoms with van der Waals surface area (Å²) in [6.45, 7) is 4.85. The van der Waals surface area contributed by atoms with Gasteiger partial charge in [0.05, 0.1) is 12.0 Å². The molecule has 0 heterocycles. The number of allylic oxidation sites excluding steroid dienone is 3. The first kappa shape index (κ1) is 12.1. The van der Waals surface area contributed by atoms with E-state index in [2.05, 4.69) is 11.3 Å².